The number of para-hydroxylation sites is 2. The number of nitrogens with zero attached hydrogens (tertiary/aromatic N) is 3. The zero-order valence-electron chi connectivity index (χ0n) is 32.5. The molecule has 11 nitrogen and oxygen atoms in total. The molecule has 0 unspecified atom stereocenters. The largest absolute Gasteiger partial charge is 0.492 e. The third-order valence-corrected chi connectivity index (χ3v) is 8.62. The van der Waals surface area contributed by atoms with Crippen molar-refractivity contribution in [2.45, 2.75) is 46.6 Å². The second-order valence-corrected chi connectivity index (χ2v) is 14.1. The number of carbonyl (C=O) groups excluding carboxylic acids is 4. The Labute approximate surface area is 319 Å². The van der Waals surface area contributed by atoms with Crippen LogP contribution < -0.4 is 20.3 Å². The number of hydrogen-bond acceptors (Lipinski definition) is 7. The van der Waals surface area contributed by atoms with Crippen LogP contribution in [0.3, 0.4) is 0 Å². The SMILES string of the molecule is CCOc1ccccc1N(C)C(=O)c1ccc(NC(=O)c2ccccc2-c2ccc(C)cc2)cc1.CN1CCN(C(=O)CCNC(=O)OC(C)(C)C)CC1. The topological polar surface area (TPSA) is 121 Å². The Hall–Kier alpha value is -5.68. The van der Waals surface area contributed by atoms with Crippen LogP contribution in [0.1, 0.15) is 60.4 Å². The fraction of sp³-hybridized carbons (Fsp3) is 0.349. The summed E-state index contributed by atoms with van der Waals surface area (Å²) in [4.78, 5) is 55.0. The standard InChI is InChI=1S/C30H28N2O3.C13H25N3O3/c1-4-35-28-12-8-7-11-27(28)32(3)30(34)23-17-19-24(20-18-23)31-29(33)26-10-6-5-9-25(26)22-15-13-21(2)14-16-22;1-13(2,3)19-12(18)14-6-5-11(17)16-9-7-15(4)8-10-16/h5-20H,4H2,1-3H3,(H,31,33);5-10H2,1-4H3,(H,14,18). The van der Waals surface area contributed by atoms with Crippen LogP contribution in [0.4, 0.5) is 16.2 Å². The number of benzene rings is 4. The summed E-state index contributed by atoms with van der Waals surface area (Å²) in [5.41, 5.74) is 4.92. The summed E-state index contributed by atoms with van der Waals surface area (Å²) < 4.78 is 10.8. The predicted octanol–water partition coefficient (Wildman–Crippen LogP) is 7.26. The number of piperazine rings is 1. The lowest BCUT2D eigenvalue weighted by Gasteiger charge is -2.32. The van der Waals surface area contributed by atoms with Crippen molar-refractivity contribution in [2.75, 3.05) is 63.6 Å². The zero-order chi connectivity index (χ0) is 39.3. The quantitative estimate of drug-likeness (QED) is 0.176. The van der Waals surface area contributed by atoms with Gasteiger partial charge in [0, 0.05) is 63.0 Å². The number of likely N-dealkylation sites (N-methyl/N-ethyl adjacent to an activating group) is 1. The van der Waals surface area contributed by atoms with Crippen molar-refractivity contribution in [1.29, 1.82) is 0 Å². The minimum Gasteiger partial charge on any atom is -0.492 e. The highest BCUT2D eigenvalue weighted by atomic mass is 16.6. The highest BCUT2D eigenvalue weighted by Crippen LogP contribution is 2.29. The van der Waals surface area contributed by atoms with Crippen molar-refractivity contribution < 1.29 is 28.7 Å². The van der Waals surface area contributed by atoms with E-state index >= 15 is 0 Å². The molecule has 1 heterocycles. The maximum atomic E-state index is 13.1. The van der Waals surface area contributed by atoms with E-state index in [1.54, 1.807) is 36.2 Å². The van der Waals surface area contributed by atoms with Gasteiger partial charge in [0.25, 0.3) is 11.8 Å². The molecule has 0 atom stereocenters. The molecule has 4 aromatic rings. The Balaban J connectivity index is 0.000000290. The first-order chi connectivity index (χ1) is 25.8. The summed E-state index contributed by atoms with van der Waals surface area (Å²) in [5.74, 6) is 0.369. The van der Waals surface area contributed by atoms with E-state index in [1.807, 2.05) is 119 Å². The minimum atomic E-state index is -0.508. The Morgan fingerprint density at radius 2 is 1.44 bits per heavy atom. The van der Waals surface area contributed by atoms with E-state index in [0.29, 0.717) is 47.8 Å². The first-order valence-electron chi connectivity index (χ1n) is 18.3. The molecule has 286 valence electrons. The van der Waals surface area contributed by atoms with Gasteiger partial charge >= 0.3 is 6.09 Å². The number of amides is 4. The summed E-state index contributed by atoms with van der Waals surface area (Å²) in [6.07, 6.45) is -0.151. The van der Waals surface area contributed by atoms with Crippen LogP contribution in [0.15, 0.2) is 97.1 Å². The number of alkyl carbamates (subject to hydrolysis) is 1. The van der Waals surface area contributed by atoms with Crippen LogP contribution in [-0.2, 0) is 9.53 Å². The van der Waals surface area contributed by atoms with Gasteiger partial charge in [0.15, 0.2) is 0 Å². The van der Waals surface area contributed by atoms with Gasteiger partial charge in [-0.05, 0) is 95.3 Å². The van der Waals surface area contributed by atoms with E-state index in [2.05, 4.69) is 15.5 Å². The first kappa shape index (κ1) is 41.1. The van der Waals surface area contributed by atoms with E-state index in [9.17, 15) is 19.2 Å². The third-order valence-electron chi connectivity index (χ3n) is 8.62. The summed E-state index contributed by atoms with van der Waals surface area (Å²) in [6, 6.07) is 30.0. The van der Waals surface area contributed by atoms with Gasteiger partial charge in [0.2, 0.25) is 5.91 Å². The molecule has 4 amide bonds. The normalized spacial score (nSPS) is 12.8. The van der Waals surface area contributed by atoms with Gasteiger partial charge in [0.1, 0.15) is 11.4 Å². The van der Waals surface area contributed by atoms with Gasteiger partial charge in [0.05, 0.1) is 12.3 Å². The number of aryl methyl sites for hydroxylation is 1. The zero-order valence-corrected chi connectivity index (χ0v) is 32.5. The average molecular weight is 736 g/mol. The highest BCUT2D eigenvalue weighted by Gasteiger charge is 2.21. The number of nitrogens with one attached hydrogen (secondary N) is 2. The maximum Gasteiger partial charge on any atom is 0.407 e. The predicted molar refractivity (Wildman–Crippen MR) is 214 cm³/mol. The van der Waals surface area contributed by atoms with Crippen molar-refractivity contribution in [3.8, 4) is 16.9 Å². The van der Waals surface area contributed by atoms with Crippen molar-refractivity contribution in [1.82, 2.24) is 15.1 Å². The molecule has 0 radical (unpaired) electrons. The number of hydrogen-bond donors (Lipinski definition) is 2. The van der Waals surface area contributed by atoms with Crippen molar-refractivity contribution in [2.24, 2.45) is 0 Å². The molecular weight excluding hydrogens is 683 g/mol. The lowest BCUT2D eigenvalue weighted by molar-refractivity contribution is -0.132. The molecule has 11 heteroatoms. The monoisotopic (exact) mass is 735 g/mol. The van der Waals surface area contributed by atoms with Gasteiger partial charge in [-0.15, -0.1) is 0 Å². The molecule has 0 bridgehead atoms. The van der Waals surface area contributed by atoms with Gasteiger partial charge < -0.3 is 34.8 Å². The van der Waals surface area contributed by atoms with Crippen LogP contribution in [0, 0.1) is 6.92 Å². The number of anilines is 2. The van der Waals surface area contributed by atoms with E-state index in [4.69, 9.17) is 9.47 Å². The molecule has 0 aromatic heterocycles. The summed E-state index contributed by atoms with van der Waals surface area (Å²) >= 11 is 0. The molecule has 2 N–H and O–H groups in total. The van der Waals surface area contributed by atoms with Crippen LogP contribution >= 0.6 is 0 Å². The average Bonchev–Trinajstić information content (AvgIpc) is 3.15. The molecule has 0 spiro atoms. The Bertz CT molecular complexity index is 1860. The van der Waals surface area contributed by atoms with E-state index in [-0.39, 0.29) is 17.7 Å². The smallest absolute Gasteiger partial charge is 0.407 e. The summed E-state index contributed by atoms with van der Waals surface area (Å²) in [5, 5.41) is 5.55. The molecule has 1 fully saturated rings. The molecule has 54 heavy (non-hydrogen) atoms. The van der Waals surface area contributed by atoms with Gasteiger partial charge in [-0.2, -0.15) is 0 Å². The van der Waals surface area contributed by atoms with Crippen LogP contribution in [-0.4, -0.2) is 92.6 Å². The van der Waals surface area contributed by atoms with Crippen LogP contribution in [0.2, 0.25) is 0 Å². The van der Waals surface area contributed by atoms with Crippen molar-refractivity contribution in [3.05, 3.63) is 114 Å². The van der Waals surface area contributed by atoms with Crippen LogP contribution in [0.25, 0.3) is 11.1 Å². The summed E-state index contributed by atoms with van der Waals surface area (Å²) in [7, 11) is 3.77. The van der Waals surface area contributed by atoms with Gasteiger partial charge in [-0.1, -0.05) is 60.2 Å². The lowest BCUT2D eigenvalue weighted by atomic mass is 9.98. The fourth-order valence-electron chi connectivity index (χ4n) is 5.68. The van der Waals surface area contributed by atoms with Gasteiger partial charge in [-0.25, -0.2) is 4.79 Å². The molecule has 0 aliphatic carbocycles. The summed E-state index contributed by atoms with van der Waals surface area (Å²) in [6.45, 7) is 13.5. The molecule has 1 aliphatic rings. The fourth-order valence-corrected chi connectivity index (χ4v) is 5.68. The molecule has 4 aromatic carbocycles. The van der Waals surface area contributed by atoms with Crippen LogP contribution in [0.5, 0.6) is 5.75 Å². The Morgan fingerprint density at radius 3 is 2.09 bits per heavy atom. The highest BCUT2D eigenvalue weighted by molar-refractivity contribution is 6.09. The first-order valence-corrected chi connectivity index (χ1v) is 18.3. The third kappa shape index (κ3) is 12.2. The van der Waals surface area contributed by atoms with E-state index < -0.39 is 11.7 Å². The molecular formula is C43H53N5O6. The second kappa shape index (κ2) is 19.4. The minimum absolute atomic E-state index is 0.0872. The van der Waals surface area contributed by atoms with E-state index in [1.165, 1.54) is 0 Å². The van der Waals surface area contributed by atoms with Crippen molar-refractivity contribution in [3.63, 3.8) is 0 Å². The molecule has 1 saturated heterocycles. The Morgan fingerprint density at radius 1 is 0.815 bits per heavy atom. The number of carbonyl (C=O) groups is 4. The lowest BCUT2D eigenvalue weighted by Crippen LogP contribution is -2.47. The molecule has 5 rings (SSSR count). The number of rotatable bonds is 10. The number of ether oxygens (including phenoxy) is 2. The second-order valence-electron chi connectivity index (χ2n) is 14.1. The van der Waals surface area contributed by atoms with Gasteiger partial charge in [-0.3, -0.25) is 14.4 Å². The van der Waals surface area contributed by atoms with Crippen molar-refractivity contribution >= 4 is 35.2 Å². The Kier molecular flexibility index (Phi) is 14.8. The van der Waals surface area contributed by atoms with E-state index in [0.717, 1.165) is 42.9 Å². The molecule has 1 aliphatic heterocycles. The maximum absolute atomic E-state index is 13.1. The molecule has 0 saturated carbocycles.